The number of carbonyl (C=O) groups excluding carboxylic acids is 1. The van der Waals surface area contributed by atoms with Gasteiger partial charge in [0.2, 0.25) is 23.7 Å². The number of rotatable bonds is 6. The van der Waals surface area contributed by atoms with Crippen LogP contribution >= 0.6 is 23.2 Å². The minimum absolute atomic E-state index is 0.0756. The maximum absolute atomic E-state index is 13.7. The average Bonchev–Trinajstić information content (AvgIpc) is 3.34. The standard InChI is InChI=1S/C23H24Cl2F3N7O/c24-15-7-12(26)8-16(25)18(15)33-22-32-17-10-30-21(31-13-5-6-23(27,28)9-13)34-20(17)35(22)14-3-1-11(2-4-14)19(29)36/h7-8,10-11,13-14H,1-6,9H2,(H2,29,36)(H,32,33)(H,30,31,34)/t11-,13-,14+/m0/s1. The van der Waals surface area contributed by atoms with E-state index in [0.29, 0.717) is 49.2 Å². The van der Waals surface area contributed by atoms with Crippen molar-refractivity contribution in [3.8, 4) is 0 Å². The highest BCUT2D eigenvalue weighted by molar-refractivity contribution is 6.39. The molecule has 13 heteroatoms. The molecule has 0 saturated heterocycles. The summed E-state index contributed by atoms with van der Waals surface area (Å²) in [6.07, 6.45) is 3.86. The number of benzene rings is 1. The first-order chi connectivity index (χ1) is 17.1. The van der Waals surface area contributed by atoms with Gasteiger partial charge in [0, 0.05) is 30.8 Å². The highest BCUT2D eigenvalue weighted by Crippen LogP contribution is 2.40. The van der Waals surface area contributed by atoms with Crippen LogP contribution in [0, 0.1) is 11.7 Å². The molecule has 0 radical (unpaired) electrons. The number of primary amides is 1. The minimum atomic E-state index is -2.70. The Hall–Kier alpha value is -2.79. The Morgan fingerprint density at radius 3 is 2.42 bits per heavy atom. The summed E-state index contributed by atoms with van der Waals surface area (Å²) >= 11 is 12.5. The molecule has 2 saturated carbocycles. The molecule has 2 aliphatic rings. The van der Waals surface area contributed by atoms with Crippen molar-refractivity contribution in [3.63, 3.8) is 0 Å². The maximum atomic E-state index is 13.7. The first kappa shape index (κ1) is 24.9. The zero-order valence-electron chi connectivity index (χ0n) is 19.1. The smallest absolute Gasteiger partial charge is 0.250 e. The molecule has 5 rings (SSSR count). The molecule has 1 atom stereocenters. The topological polar surface area (TPSA) is 111 Å². The first-order valence-electron chi connectivity index (χ1n) is 11.7. The van der Waals surface area contributed by atoms with Gasteiger partial charge in [0.1, 0.15) is 11.3 Å². The molecule has 2 fully saturated rings. The Balaban J connectivity index is 1.52. The lowest BCUT2D eigenvalue weighted by Gasteiger charge is -2.29. The summed E-state index contributed by atoms with van der Waals surface area (Å²) in [6, 6.07) is 1.75. The predicted molar refractivity (Wildman–Crippen MR) is 131 cm³/mol. The second-order valence-electron chi connectivity index (χ2n) is 9.43. The molecule has 8 nitrogen and oxygen atoms in total. The number of nitrogens with zero attached hydrogens (tertiary/aromatic N) is 4. The van der Waals surface area contributed by atoms with Crippen LogP contribution in [0.15, 0.2) is 18.3 Å². The van der Waals surface area contributed by atoms with Crippen molar-refractivity contribution in [2.24, 2.45) is 11.7 Å². The Bertz CT molecular complexity index is 1290. The van der Waals surface area contributed by atoms with Crippen molar-refractivity contribution in [2.45, 2.75) is 63.0 Å². The average molecular weight is 542 g/mol. The summed E-state index contributed by atoms with van der Waals surface area (Å²) in [5.74, 6) is -3.22. The van der Waals surface area contributed by atoms with Crippen LogP contribution < -0.4 is 16.4 Å². The van der Waals surface area contributed by atoms with Crippen LogP contribution in [0.25, 0.3) is 11.2 Å². The molecule has 1 amide bonds. The van der Waals surface area contributed by atoms with Crippen LogP contribution in [0.1, 0.15) is 51.0 Å². The number of hydrogen-bond donors (Lipinski definition) is 3. The maximum Gasteiger partial charge on any atom is 0.250 e. The number of halogens is 5. The van der Waals surface area contributed by atoms with Crippen molar-refractivity contribution in [3.05, 3.63) is 34.2 Å². The highest BCUT2D eigenvalue weighted by Gasteiger charge is 2.39. The molecule has 3 aromatic rings. The third-order valence-corrected chi connectivity index (χ3v) is 7.47. The number of anilines is 3. The number of amides is 1. The molecule has 2 aliphatic carbocycles. The van der Waals surface area contributed by atoms with Crippen LogP contribution in [0.5, 0.6) is 0 Å². The molecule has 1 aromatic carbocycles. The van der Waals surface area contributed by atoms with Crippen LogP contribution in [0.3, 0.4) is 0 Å². The van der Waals surface area contributed by atoms with E-state index < -0.39 is 17.8 Å². The number of alkyl halides is 2. The summed E-state index contributed by atoms with van der Waals surface area (Å²) in [5, 5.41) is 6.27. The van der Waals surface area contributed by atoms with Gasteiger partial charge in [-0.2, -0.15) is 4.98 Å². The van der Waals surface area contributed by atoms with Gasteiger partial charge in [-0.25, -0.2) is 23.1 Å². The van der Waals surface area contributed by atoms with Crippen LogP contribution in [0.4, 0.5) is 30.8 Å². The normalized spacial score (nSPS) is 23.6. The van der Waals surface area contributed by atoms with Crippen molar-refractivity contribution in [1.29, 1.82) is 0 Å². The molecular formula is C23H24Cl2F3N7O. The Morgan fingerprint density at radius 1 is 1.11 bits per heavy atom. The third kappa shape index (κ3) is 5.04. The van der Waals surface area contributed by atoms with E-state index in [-0.39, 0.29) is 52.4 Å². The Morgan fingerprint density at radius 2 is 1.81 bits per heavy atom. The van der Waals surface area contributed by atoms with Crippen molar-refractivity contribution in [2.75, 3.05) is 10.6 Å². The van der Waals surface area contributed by atoms with Crippen LogP contribution in [-0.2, 0) is 4.79 Å². The van der Waals surface area contributed by atoms with Gasteiger partial charge in [0.25, 0.3) is 0 Å². The quantitative estimate of drug-likeness (QED) is 0.362. The van der Waals surface area contributed by atoms with E-state index in [1.54, 1.807) is 0 Å². The first-order valence-corrected chi connectivity index (χ1v) is 12.5. The van der Waals surface area contributed by atoms with E-state index in [2.05, 4.69) is 25.6 Å². The summed E-state index contributed by atoms with van der Waals surface area (Å²) in [4.78, 5) is 25.2. The summed E-state index contributed by atoms with van der Waals surface area (Å²) in [5.41, 5.74) is 6.73. The fourth-order valence-electron chi connectivity index (χ4n) is 5.04. The van der Waals surface area contributed by atoms with Gasteiger partial charge in [0.15, 0.2) is 5.65 Å². The summed E-state index contributed by atoms with van der Waals surface area (Å²) in [6.45, 7) is 0. The van der Waals surface area contributed by atoms with E-state index >= 15 is 0 Å². The molecule has 0 unspecified atom stereocenters. The minimum Gasteiger partial charge on any atom is -0.369 e. The van der Waals surface area contributed by atoms with Crippen molar-refractivity contribution in [1.82, 2.24) is 19.5 Å². The lowest BCUT2D eigenvalue weighted by Crippen LogP contribution is -2.29. The van der Waals surface area contributed by atoms with E-state index in [4.69, 9.17) is 28.9 Å². The lowest BCUT2D eigenvalue weighted by atomic mass is 9.85. The Labute approximate surface area is 214 Å². The highest BCUT2D eigenvalue weighted by atomic mass is 35.5. The molecular weight excluding hydrogens is 518 g/mol. The summed E-state index contributed by atoms with van der Waals surface area (Å²) in [7, 11) is 0. The molecule has 0 bridgehead atoms. The number of fused-ring (bicyclic) bond motifs is 1. The second-order valence-corrected chi connectivity index (χ2v) is 10.2. The van der Waals surface area contributed by atoms with E-state index in [0.717, 1.165) is 12.1 Å². The second kappa shape index (κ2) is 9.59. The number of nitrogens with two attached hydrogens (primary N) is 1. The molecule has 0 aliphatic heterocycles. The van der Waals surface area contributed by atoms with Crippen molar-refractivity contribution >= 4 is 57.9 Å². The number of nitrogens with one attached hydrogen (secondary N) is 2. The van der Waals surface area contributed by atoms with E-state index in [1.165, 1.54) is 6.20 Å². The zero-order chi connectivity index (χ0) is 25.6. The lowest BCUT2D eigenvalue weighted by molar-refractivity contribution is -0.122. The van der Waals surface area contributed by atoms with Crippen molar-refractivity contribution < 1.29 is 18.0 Å². The van der Waals surface area contributed by atoms with E-state index in [9.17, 15) is 18.0 Å². The molecule has 192 valence electrons. The van der Waals surface area contributed by atoms with Gasteiger partial charge >= 0.3 is 0 Å². The van der Waals surface area contributed by atoms with Gasteiger partial charge in [-0.1, -0.05) is 23.2 Å². The fourth-order valence-corrected chi connectivity index (χ4v) is 5.60. The van der Waals surface area contributed by atoms with Gasteiger partial charge in [-0.3, -0.25) is 9.36 Å². The molecule has 36 heavy (non-hydrogen) atoms. The SMILES string of the molecule is NC(=O)[C@H]1CC[C@@H](n2c(Nc3c(Cl)cc(F)cc3Cl)nc3cnc(N[C@H]4CCC(F)(F)C4)nc32)CC1. The number of aromatic nitrogens is 4. The fraction of sp³-hybridized carbons (Fsp3) is 0.478. The number of carbonyl (C=O) groups is 1. The van der Waals surface area contributed by atoms with Gasteiger partial charge < -0.3 is 16.4 Å². The predicted octanol–water partition coefficient (Wildman–Crippen LogP) is 5.83. The van der Waals surface area contributed by atoms with Gasteiger partial charge in [-0.15, -0.1) is 0 Å². The number of imidazole rings is 1. The summed E-state index contributed by atoms with van der Waals surface area (Å²) < 4.78 is 42.9. The monoisotopic (exact) mass is 541 g/mol. The zero-order valence-corrected chi connectivity index (χ0v) is 20.6. The molecule has 4 N–H and O–H groups in total. The van der Waals surface area contributed by atoms with Gasteiger partial charge in [0.05, 0.1) is 21.9 Å². The third-order valence-electron chi connectivity index (χ3n) is 6.88. The van der Waals surface area contributed by atoms with Gasteiger partial charge in [-0.05, 0) is 44.2 Å². The Kier molecular flexibility index (Phi) is 6.63. The van der Waals surface area contributed by atoms with E-state index in [1.807, 2.05) is 4.57 Å². The van der Waals surface area contributed by atoms with Crippen LogP contribution in [0.2, 0.25) is 10.0 Å². The molecule has 2 aromatic heterocycles. The molecule has 0 spiro atoms. The number of hydrogen-bond acceptors (Lipinski definition) is 6. The largest absolute Gasteiger partial charge is 0.369 e. The molecule has 2 heterocycles. The van der Waals surface area contributed by atoms with Crippen LogP contribution in [-0.4, -0.2) is 37.4 Å².